The van der Waals surface area contributed by atoms with E-state index in [-0.39, 0.29) is 18.1 Å². The average molecular weight is 256 g/mol. The zero-order valence-electron chi connectivity index (χ0n) is 10.0. The molecule has 0 aromatic carbocycles. The van der Waals surface area contributed by atoms with Crippen LogP contribution in [0.3, 0.4) is 0 Å². The van der Waals surface area contributed by atoms with Crippen LogP contribution in [0, 0.1) is 0 Å². The zero-order valence-corrected chi connectivity index (χ0v) is 10.0. The third-order valence-corrected chi connectivity index (χ3v) is 3.26. The molecule has 0 aromatic heterocycles. The molecule has 2 rings (SSSR count). The second kappa shape index (κ2) is 4.77. The van der Waals surface area contributed by atoms with Gasteiger partial charge >= 0.3 is 0 Å². The standard InChI is InChI=1S/C11H16N2O5/c1-2-5-17-9-7(14)3-4-11(10(9)16)6-8(15)13(11)18-12/h3-4,9-10,16H,2,5-6,12H2,1H3/t9-,10-,11?/m1/s1. The van der Waals surface area contributed by atoms with Gasteiger partial charge in [0.2, 0.25) is 0 Å². The Morgan fingerprint density at radius 1 is 1.61 bits per heavy atom. The molecule has 1 amide bonds. The number of ether oxygens (including phenoxy) is 1. The van der Waals surface area contributed by atoms with Gasteiger partial charge in [-0.25, -0.2) is 0 Å². The van der Waals surface area contributed by atoms with Crippen LogP contribution >= 0.6 is 0 Å². The maximum absolute atomic E-state index is 11.7. The number of carbonyl (C=O) groups excluding carboxylic acids is 2. The number of amides is 1. The van der Waals surface area contributed by atoms with E-state index in [0.717, 1.165) is 11.5 Å². The third-order valence-electron chi connectivity index (χ3n) is 3.26. The van der Waals surface area contributed by atoms with E-state index in [1.54, 1.807) is 0 Å². The third kappa shape index (κ3) is 1.76. The Morgan fingerprint density at radius 3 is 2.89 bits per heavy atom. The molecule has 3 N–H and O–H groups in total. The zero-order chi connectivity index (χ0) is 13.3. The van der Waals surface area contributed by atoms with E-state index in [4.69, 9.17) is 10.6 Å². The lowest BCUT2D eigenvalue weighted by Crippen LogP contribution is -2.72. The van der Waals surface area contributed by atoms with Gasteiger partial charge < -0.3 is 9.84 Å². The van der Waals surface area contributed by atoms with Gasteiger partial charge in [0.25, 0.3) is 5.91 Å². The average Bonchev–Trinajstić information content (AvgIpc) is 2.33. The number of hydrogen-bond donors (Lipinski definition) is 2. The minimum atomic E-state index is -1.18. The lowest BCUT2D eigenvalue weighted by Gasteiger charge is -2.52. The first-order chi connectivity index (χ1) is 8.56. The van der Waals surface area contributed by atoms with Crippen LogP contribution in [0.1, 0.15) is 19.8 Å². The van der Waals surface area contributed by atoms with Crippen molar-refractivity contribution in [3.63, 3.8) is 0 Å². The van der Waals surface area contributed by atoms with E-state index >= 15 is 0 Å². The summed E-state index contributed by atoms with van der Waals surface area (Å²) in [4.78, 5) is 27.5. The fourth-order valence-corrected chi connectivity index (χ4v) is 2.29. The molecule has 1 heterocycles. The van der Waals surface area contributed by atoms with Gasteiger partial charge in [-0.15, -0.1) is 0 Å². The van der Waals surface area contributed by atoms with E-state index in [2.05, 4.69) is 4.94 Å². The highest BCUT2D eigenvalue weighted by Crippen LogP contribution is 2.40. The molecule has 1 aliphatic heterocycles. The predicted molar refractivity (Wildman–Crippen MR) is 59.7 cm³/mol. The summed E-state index contributed by atoms with van der Waals surface area (Å²) in [6.45, 7) is 2.25. The van der Waals surface area contributed by atoms with Gasteiger partial charge in [0.1, 0.15) is 17.7 Å². The number of aliphatic hydroxyl groups excluding tert-OH is 1. The second-order valence-electron chi connectivity index (χ2n) is 4.43. The smallest absolute Gasteiger partial charge is 0.251 e. The first kappa shape index (κ1) is 13.2. The molecule has 3 atom stereocenters. The van der Waals surface area contributed by atoms with Crippen LogP contribution in [-0.2, 0) is 19.3 Å². The maximum atomic E-state index is 11.7. The molecule has 0 radical (unpaired) electrons. The number of ketones is 1. The first-order valence-corrected chi connectivity index (χ1v) is 5.79. The largest absolute Gasteiger partial charge is 0.387 e. The monoisotopic (exact) mass is 256 g/mol. The normalized spacial score (nSPS) is 35.2. The Labute approximate surface area is 104 Å². The number of nitrogens with zero attached hydrogens (tertiary/aromatic N) is 1. The summed E-state index contributed by atoms with van der Waals surface area (Å²) in [5.74, 6) is 4.34. The van der Waals surface area contributed by atoms with Gasteiger partial charge in [0.15, 0.2) is 5.78 Å². The summed E-state index contributed by atoms with van der Waals surface area (Å²) in [5.41, 5.74) is -1.09. The van der Waals surface area contributed by atoms with Crippen molar-refractivity contribution >= 4 is 11.7 Å². The molecular formula is C11H16N2O5. The van der Waals surface area contributed by atoms with Crippen molar-refractivity contribution in [2.24, 2.45) is 5.90 Å². The van der Waals surface area contributed by atoms with E-state index in [1.807, 2.05) is 6.92 Å². The Morgan fingerprint density at radius 2 is 2.33 bits per heavy atom. The lowest BCUT2D eigenvalue weighted by molar-refractivity contribution is -0.274. The van der Waals surface area contributed by atoms with Crippen LogP contribution in [0.2, 0.25) is 0 Å². The fourth-order valence-electron chi connectivity index (χ4n) is 2.29. The summed E-state index contributed by atoms with van der Waals surface area (Å²) in [6.07, 6.45) is 1.35. The number of nitrogens with two attached hydrogens (primary N) is 1. The molecule has 1 aliphatic carbocycles. The van der Waals surface area contributed by atoms with E-state index < -0.39 is 17.7 Å². The van der Waals surface area contributed by atoms with Crippen molar-refractivity contribution in [3.05, 3.63) is 12.2 Å². The highest BCUT2D eigenvalue weighted by molar-refractivity contribution is 5.97. The topological polar surface area (TPSA) is 102 Å². The quantitative estimate of drug-likeness (QED) is 0.497. The van der Waals surface area contributed by atoms with Crippen LogP contribution in [0.15, 0.2) is 12.2 Å². The molecule has 1 saturated heterocycles. The van der Waals surface area contributed by atoms with Crippen LogP contribution in [0.4, 0.5) is 0 Å². The summed E-state index contributed by atoms with van der Waals surface area (Å²) in [7, 11) is 0. The van der Waals surface area contributed by atoms with Crippen LogP contribution in [0.25, 0.3) is 0 Å². The van der Waals surface area contributed by atoms with E-state index in [0.29, 0.717) is 6.61 Å². The fraction of sp³-hybridized carbons (Fsp3) is 0.636. The van der Waals surface area contributed by atoms with Crippen LogP contribution in [0.5, 0.6) is 0 Å². The molecule has 7 heteroatoms. The first-order valence-electron chi connectivity index (χ1n) is 5.79. The minimum Gasteiger partial charge on any atom is -0.387 e. The number of β-lactam (4-membered cyclic amide) rings is 1. The molecule has 100 valence electrons. The van der Waals surface area contributed by atoms with Crippen molar-refractivity contribution in [3.8, 4) is 0 Å². The number of carbonyl (C=O) groups is 2. The Kier molecular flexibility index (Phi) is 3.49. The summed E-state index contributed by atoms with van der Waals surface area (Å²) < 4.78 is 5.33. The number of rotatable bonds is 4. The van der Waals surface area contributed by atoms with Gasteiger partial charge in [-0.3, -0.25) is 9.59 Å². The highest BCUT2D eigenvalue weighted by Gasteiger charge is 2.60. The van der Waals surface area contributed by atoms with Crippen molar-refractivity contribution in [1.82, 2.24) is 5.06 Å². The molecule has 1 spiro atoms. The van der Waals surface area contributed by atoms with Crippen LogP contribution < -0.4 is 5.90 Å². The van der Waals surface area contributed by atoms with E-state index in [1.165, 1.54) is 12.2 Å². The predicted octanol–water partition coefficient (Wildman–Crippen LogP) is -0.942. The Hall–Kier alpha value is -1.28. The van der Waals surface area contributed by atoms with Crippen molar-refractivity contribution < 1.29 is 24.4 Å². The van der Waals surface area contributed by atoms with E-state index in [9.17, 15) is 14.7 Å². The molecule has 18 heavy (non-hydrogen) atoms. The summed E-state index contributed by atoms with van der Waals surface area (Å²) >= 11 is 0. The number of hydrogen-bond acceptors (Lipinski definition) is 6. The SMILES string of the molecule is CCCO[C@@H]1C(=O)C=CC2(CC(=O)N2ON)[C@@H]1O. The molecular weight excluding hydrogens is 240 g/mol. The van der Waals surface area contributed by atoms with Crippen molar-refractivity contribution in [1.29, 1.82) is 0 Å². The number of aliphatic hydroxyl groups is 1. The highest BCUT2D eigenvalue weighted by atomic mass is 16.8. The molecule has 0 aromatic rings. The van der Waals surface area contributed by atoms with Gasteiger partial charge in [-0.05, 0) is 18.6 Å². The molecule has 0 saturated carbocycles. The Bertz CT molecular complexity index is 397. The van der Waals surface area contributed by atoms with Gasteiger partial charge in [0, 0.05) is 6.61 Å². The van der Waals surface area contributed by atoms with Gasteiger partial charge in [-0.2, -0.15) is 15.9 Å². The lowest BCUT2D eigenvalue weighted by atomic mass is 9.74. The van der Waals surface area contributed by atoms with Gasteiger partial charge in [0.05, 0.1) is 6.42 Å². The van der Waals surface area contributed by atoms with Crippen LogP contribution in [-0.4, -0.2) is 46.2 Å². The summed E-state index contributed by atoms with van der Waals surface area (Å²) in [5, 5.41) is 11.1. The maximum Gasteiger partial charge on any atom is 0.251 e. The molecule has 2 aliphatic rings. The Balaban J connectivity index is 2.21. The minimum absolute atomic E-state index is 0.0428. The molecule has 0 bridgehead atoms. The van der Waals surface area contributed by atoms with Crippen molar-refractivity contribution in [2.75, 3.05) is 6.61 Å². The second-order valence-corrected chi connectivity index (χ2v) is 4.43. The summed E-state index contributed by atoms with van der Waals surface area (Å²) in [6, 6.07) is 0. The van der Waals surface area contributed by atoms with Gasteiger partial charge in [-0.1, -0.05) is 6.92 Å². The molecule has 1 unspecified atom stereocenters. The number of hydroxylamine groups is 2. The molecule has 1 fully saturated rings. The van der Waals surface area contributed by atoms with Crippen molar-refractivity contribution in [2.45, 2.75) is 37.5 Å². The molecule has 7 nitrogen and oxygen atoms in total.